The van der Waals surface area contributed by atoms with Crippen LogP contribution in [-0.2, 0) is 23.9 Å². The summed E-state index contributed by atoms with van der Waals surface area (Å²) in [6.45, 7) is 3.53. The molecular weight excluding hydrogens is 528 g/mol. The zero-order chi connectivity index (χ0) is 20.7. The Morgan fingerprint density at radius 2 is 2.10 bits per heavy atom. The average Bonchev–Trinajstić information content (AvgIpc) is 3.36. The van der Waals surface area contributed by atoms with Crippen LogP contribution in [0.4, 0.5) is 13.2 Å². The number of hydrogen-bond donors (Lipinski definition) is 1. The smallest absolute Gasteiger partial charge is 0.376 e. The molecule has 1 aromatic carbocycles. The number of benzene rings is 1. The third-order valence-corrected chi connectivity index (χ3v) is 5.64. The average molecular weight is 554 g/mol. The molecule has 0 aliphatic carbocycles. The van der Waals surface area contributed by atoms with Crippen molar-refractivity contribution in [3.8, 4) is 0 Å². The van der Waals surface area contributed by atoms with E-state index in [1.165, 1.54) is 0 Å². The molecule has 0 bridgehead atoms. The lowest BCUT2D eigenvalue weighted by Crippen LogP contribution is -2.41. The van der Waals surface area contributed by atoms with Crippen molar-refractivity contribution in [2.75, 3.05) is 33.3 Å². The number of thiazole rings is 1. The van der Waals surface area contributed by atoms with Gasteiger partial charge in [0.05, 0.1) is 18.2 Å². The van der Waals surface area contributed by atoms with Crippen molar-refractivity contribution in [2.24, 2.45) is 10.9 Å². The summed E-state index contributed by atoms with van der Waals surface area (Å²) in [5, 5.41) is 4.76. The first-order valence-electron chi connectivity index (χ1n) is 9.54. The Kier molecular flexibility index (Phi) is 9.82. The third-order valence-electron chi connectivity index (χ3n) is 4.73. The van der Waals surface area contributed by atoms with Crippen molar-refractivity contribution < 1.29 is 17.9 Å². The molecule has 5 nitrogen and oxygen atoms in total. The number of halogens is 4. The molecule has 1 aliphatic rings. The number of guanidine groups is 1. The molecule has 0 amide bonds. The van der Waals surface area contributed by atoms with Crippen molar-refractivity contribution >= 4 is 41.3 Å². The van der Waals surface area contributed by atoms with Crippen LogP contribution in [0.1, 0.15) is 22.7 Å². The van der Waals surface area contributed by atoms with E-state index in [9.17, 15) is 13.2 Å². The van der Waals surface area contributed by atoms with E-state index in [0.29, 0.717) is 37.1 Å². The van der Waals surface area contributed by atoms with Crippen molar-refractivity contribution in [2.45, 2.75) is 25.6 Å². The Labute approximate surface area is 195 Å². The maximum absolute atomic E-state index is 12.6. The zero-order valence-electron chi connectivity index (χ0n) is 16.7. The molecule has 166 valence electrons. The number of rotatable bonds is 7. The van der Waals surface area contributed by atoms with Crippen LogP contribution < -0.4 is 5.32 Å². The number of alkyl halides is 3. The van der Waals surface area contributed by atoms with E-state index in [1.54, 1.807) is 7.05 Å². The predicted molar refractivity (Wildman–Crippen MR) is 123 cm³/mol. The van der Waals surface area contributed by atoms with Gasteiger partial charge in [0.2, 0.25) is 0 Å². The van der Waals surface area contributed by atoms with E-state index in [4.69, 9.17) is 4.74 Å². The fourth-order valence-corrected chi connectivity index (χ4v) is 4.05. The topological polar surface area (TPSA) is 49.8 Å². The molecule has 2 aromatic rings. The normalized spacial score (nSPS) is 17.1. The van der Waals surface area contributed by atoms with Gasteiger partial charge in [0, 0.05) is 44.4 Å². The molecule has 0 spiro atoms. The molecule has 3 rings (SSSR count). The van der Waals surface area contributed by atoms with Crippen LogP contribution in [0.5, 0.6) is 0 Å². The van der Waals surface area contributed by atoms with E-state index in [2.05, 4.69) is 20.2 Å². The summed E-state index contributed by atoms with van der Waals surface area (Å²) >= 11 is 1.03. The van der Waals surface area contributed by atoms with Crippen LogP contribution in [0, 0.1) is 5.92 Å². The van der Waals surface area contributed by atoms with Crippen LogP contribution in [0.25, 0.3) is 0 Å². The Balaban J connectivity index is 0.00000320. The summed E-state index contributed by atoms with van der Waals surface area (Å²) < 4.78 is 43.7. The number of hydrogen-bond acceptors (Lipinski definition) is 4. The summed E-state index contributed by atoms with van der Waals surface area (Å²) in [4.78, 5) is 10.1. The van der Waals surface area contributed by atoms with Crippen molar-refractivity contribution in [1.29, 1.82) is 0 Å². The molecule has 1 aromatic heterocycles. The second kappa shape index (κ2) is 11.8. The highest BCUT2D eigenvalue weighted by Gasteiger charge is 2.33. The molecule has 0 saturated carbocycles. The minimum Gasteiger partial charge on any atom is -0.376 e. The van der Waals surface area contributed by atoms with E-state index in [1.807, 2.05) is 30.3 Å². The number of ether oxygens (including phenoxy) is 1. The van der Waals surface area contributed by atoms with Gasteiger partial charge in [-0.1, -0.05) is 30.3 Å². The molecule has 1 N–H and O–H groups in total. The quantitative estimate of drug-likeness (QED) is 0.313. The Bertz CT molecular complexity index is 801. The van der Waals surface area contributed by atoms with E-state index in [-0.39, 0.29) is 24.0 Å². The number of nitrogens with zero attached hydrogens (tertiary/aromatic N) is 3. The second-order valence-corrected chi connectivity index (χ2v) is 7.89. The molecule has 2 heterocycles. The second-order valence-electron chi connectivity index (χ2n) is 6.95. The van der Waals surface area contributed by atoms with E-state index < -0.39 is 11.9 Å². The summed E-state index contributed by atoms with van der Waals surface area (Å²) in [6.07, 6.45) is -2.93. The molecule has 1 unspecified atom stereocenters. The third kappa shape index (κ3) is 7.38. The molecule has 1 aliphatic heterocycles. The summed E-state index contributed by atoms with van der Waals surface area (Å²) in [5.41, 5.74) is 0.343. The highest BCUT2D eigenvalue weighted by Crippen LogP contribution is 2.30. The van der Waals surface area contributed by atoms with Gasteiger partial charge in [-0.25, -0.2) is 4.98 Å². The van der Waals surface area contributed by atoms with E-state index >= 15 is 0 Å². The van der Waals surface area contributed by atoms with Gasteiger partial charge in [0.15, 0.2) is 11.7 Å². The SMILES string of the molecule is CN=C(NCCc1nc(C(F)(F)F)cs1)N1CCC(COCc2ccccc2)C1.I. The lowest BCUT2D eigenvalue weighted by molar-refractivity contribution is -0.140. The number of nitrogens with one attached hydrogen (secondary N) is 1. The first kappa shape index (κ1) is 24.9. The zero-order valence-corrected chi connectivity index (χ0v) is 19.8. The standard InChI is InChI=1S/C20H25F3N4OS.HI/c1-24-19(25-9-7-18-26-17(14-29-18)20(21,22)23)27-10-8-16(11-27)13-28-12-15-5-3-2-4-6-15;/h2-6,14,16H,7-13H2,1H3,(H,24,25);1H. The van der Waals surface area contributed by atoms with Gasteiger partial charge in [-0.3, -0.25) is 4.99 Å². The van der Waals surface area contributed by atoms with Crippen molar-refractivity contribution in [1.82, 2.24) is 15.2 Å². The van der Waals surface area contributed by atoms with Crippen LogP contribution >= 0.6 is 35.3 Å². The van der Waals surface area contributed by atoms with Gasteiger partial charge in [0.25, 0.3) is 0 Å². The van der Waals surface area contributed by atoms with Gasteiger partial charge >= 0.3 is 6.18 Å². The van der Waals surface area contributed by atoms with Gasteiger partial charge < -0.3 is 15.0 Å². The molecular formula is C20H26F3IN4OS. The maximum atomic E-state index is 12.6. The summed E-state index contributed by atoms with van der Waals surface area (Å²) in [6, 6.07) is 10.1. The Hall–Kier alpha value is -1.40. The summed E-state index contributed by atoms with van der Waals surface area (Å²) in [7, 11) is 1.71. The fourth-order valence-electron chi connectivity index (χ4n) is 3.25. The molecule has 1 atom stereocenters. The lowest BCUT2D eigenvalue weighted by Gasteiger charge is -2.21. The fraction of sp³-hybridized carbons (Fsp3) is 0.500. The van der Waals surface area contributed by atoms with Gasteiger partial charge in [0.1, 0.15) is 0 Å². The number of likely N-dealkylation sites (tertiary alicyclic amines) is 1. The monoisotopic (exact) mass is 554 g/mol. The van der Waals surface area contributed by atoms with Crippen molar-refractivity contribution in [3.05, 3.63) is 52.0 Å². The van der Waals surface area contributed by atoms with Crippen LogP contribution in [0.3, 0.4) is 0 Å². The van der Waals surface area contributed by atoms with Crippen LogP contribution in [0.15, 0.2) is 40.7 Å². The minimum absolute atomic E-state index is 0. The van der Waals surface area contributed by atoms with Crippen LogP contribution in [0.2, 0.25) is 0 Å². The highest BCUT2D eigenvalue weighted by atomic mass is 127. The van der Waals surface area contributed by atoms with Crippen LogP contribution in [-0.4, -0.2) is 49.1 Å². The molecule has 1 fully saturated rings. The number of aromatic nitrogens is 1. The Morgan fingerprint density at radius 1 is 1.33 bits per heavy atom. The first-order valence-corrected chi connectivity index (χ1v) is 10.4. The first-order chi connectivity index (χ1) is 14.0. The van der Waals surface area contributed by atoms with Crippen molar-refractivity contribution in [3.63, 3.8) is 0 Å². The van der Waals surface area contributed by atoms with Gasteiger partial charge in [-0.2, -0.15) is 13.2 Å². The van der Waals surface area contributed by atoms with E-state index in [0.717, 1.165) is 47.8 Å². The predicted octanol–water partition coefficient (Wildman–Crippen LogP) is 4.44. The molecule has 0 radical (unpaired) electrons. The molecule has 30 heavy (non-hydrogen) atoms. The molecule has 10 heteroatoms. The Morgan fingerprint density at radius 3 is 2.77 bits per heavy atom. The highest BCUT2D eigenvalue weighted by molar-refractivity contribution is 14.0. The minimum atomic E-state index is -4.38. The molecule has 1 saturated heterocycles. The maximum Gasteiger partial charge on any atom is 0.434 e. The summed E-state index contributed by atoms with van der Waals surface area (Å²) in [5.74, 6) is 1.20. The lowest BCUT2D eigenvalue weighted by atomic mass is 10.1. The van der Waals surface area contributed by atoms with Gasteiger partial charge in [-0.05, 0) is 12.0 Å². The largest absolute Gasteiger partial charge is 0.434 e. The number of aliphatic imine (C=N–C) groups is 1. The van der Waals surface area contributed by atoms with Gasteiger partial charge in [-0.15, -0.1) is 35.3 Å².